The minimum absolute atomic E-state index is 0.146. The predicted molar refractivity (Wildman–Crippen MR) is 85.4 cm³/mol. The van der Waals surface area contributed by atoms with Gasteiger partial charge in [-0.3, -0.25) is 4.79 Å². The van der Waals surface area contributed by atoms with Gasteiger partial charge in [-0.1, -0.05) is 0 Å². The smallest absolute Gasteiger partial charge is 0.257 e. The third kappa shape index (κ3) is 3.45. The second-order valence-electron chi connectivity index (χ2n) is 6.39. The number of hydrogen-bond acceptors (Lipinski definition) is 6. The maximum absolute atomic E-state index is 12.6. The number of anilines is 1. The van der Waals surface area contributed by atoms with Crippen LogP contribution in [0.4, 0.5) is 5.95 Å². The third-order valence-corrected chi connectivity index (χ3v) is 4.67. The van der Waals surface area contributed by atoms with Crippen LogP contribution in [0.5, 0.6) is 0 Å². The highest BCUT2D eigenvalue weighted by Gasteiger charge is 2.30. The van der Waals surface area contributed by atoms with Crippen molar-refractivity contribution in [1.82, 2.24) is 14.9 Å². The quantitative estimate of drug-likeness (QED) is 0.817. The number of likely N-dealkylation sites (tertiary alicyclic amines) is 1. The van der Waals surface area contributed by atoms with Crippen molar-refractivity contribution in [1.29, 1.82) is 0 Å². The van der Waals surface area contributed by atoms with Crippen LogP contribution in [-0.2, 0) is 0 Å². The molecule has 1 aromatic heterocycles. The highest BCUT2D eigenvalue weighted by Crippen LogP contribution is 2.19. The molecule has 1 aromatic rings. The zero-order valence-corrected chi connectivity index (χ0v) is 13.5. The monoisotopic (exact) mass is 320 g/mol. The summed E-state index contributed by atoms with van der Waals surface area (Å²) in [6, 6.07) is 0. The first-order chi connectivity index (χ1) is 11.1. The summed E-state index contributed by atoms with van der Waals surface area (Å²) in [5, 5.41) is 19.3. The summed E-state index contributed by atoms with van der Waals surface area (Å²) in [6.45, 7) is 4.32. The SMILES string of the molecule is Cc1nc(N2CCCCC2)ncc1C(=O)N1CC[C@H](O)[C@@H](O)C1. The van der Waals surface area contributed by atoms with Gasteiger partial charge in [0, 0.05) is 32.4 Å². The number of piperidine rings is 2. The molecule has 2 aliphatic rings. The number of carbonyl (C=O) groups excluding carboxylic acids is 1. The minimum atomic E-state index is -0.887. The molecule has 7 heteroatoms. The Kier molecular flexibility index (Phi) is 4.77. The fourth-order valence-corrected chi connectivity index (χ4v) is 3.19. The lowest BCUT2D eigenvalue weighted by Gasteiger charge is -2.33. The van der Waals surface area contributed by atoms with Crippen LogP contribution in [0.1, 0.15) is 41.7 Å². The molecule has 2 saturated heterocycles. The standard InChI is InChI=1S/C16H24N4O3/c1-11-12(15(23)20-8-5-13(21)14(22)10-20)9-17-16(18-11)19-6-3-2-4-7-19/h9,13-14,21-22H,2-8,10H2,1H3/t13-,14-/m0/s1. The van der Waals surface area contributed by atoms with Gasteiger partial charge in [-0.2, -0.15) is 0 Å². The van der Waals surface area contributed by atoms with E-state index in [1.54, 1.807) is 11.1 Å². The van der Waals surface area contributed by atoms with E-state index in [1.165, 1.54) is 6.42 Å². The zero-order valence-electron chi connectivity index (χ0n) is 13.5. The van der Waals surface area contributed by atoms with Crippen molar-refractivity contribution < 1.29 is 15.0 Å². The molecule has 2 aliphatic heterocycles. The molecule has 3 heterocycles. The first-order valence-corrected chi connectivity index (χ1v) is 8.30. The number of β-amino-alcohol motifs (C(OH)–C–C–N with tert-alkyl or cyclic N) is 1. The second kappa shape index (κ2) is 6.80. The summed E-state index contributed by atoms with van der Waals surface area (Å²) in [6.07, 6.45) is 3.88. The van der Waals surface area contributed by atoms with Gasteiger partial charge in [-0.25, -0.2) is 9.97 Å². The Morgan fingerprint density at radius 3 is 2.57 bits per heavy atom. The predicted octanol–water partition coefficient (Wildman–Crippen LogP) is 0.343. The second-order valence-corrected chi connectivity index (χ2v) is 6.39. The van der Waals surface area contributed by atoms with Crippen LogP contribution in [0, 0.1) is 6.92 Å². The fraction of sp³-hybridized carbons (Fsp3) is 0.688. The number of amides is 1. The number of rotatable bonds is 2. The van der Waals surface area contributed by atoms with Crippen LogP contribution in [0.2, 0.25) is 0 Å². The first kappa shape index (κ1) is 16.1. The molecule has 0 radical (unpaired) electrons. The molecule has 0 saturated carbocycles. The summed E-state index contributed by atoms with van der Waals surface area (Å²) >= 11 is 0. The van der Waals surface area contributed by atoms with Gasteiger partial charge in [0.25, 0.3) is 5.91 Å². The molecule has 1 amide bonds. The first-order valence-electron chi connectivity index (χ1n) is 8.30. The van der Waals surface area contributed by atoms with Gasteiger partial charge in [-0.15, -0.1) is 0 Å². The molecule has 2 N–H and O–H groups in total. The molecule has 0 aliphatic carbocycles. The maximum atomic E-state index is 12.6. The number of hydrogen-bond donors (Lipinski definition) is 2. The Balaban J connectivity index is 1.73. The number of aliphatic hydroxyl groups excluding tert-OH is 2. The molecular weight excluding hydrogens is 296 g/mol. The van der Waals surface area contributed by atoms with Gasteiger partial charge in [-0.05, 0) is 32.6 Å². The van der Waals surface area contributed by atoms with Crippen molar-refractivity contribution in [2.24, 2.45) is 0 Å². The molecule has 23 heavy (non-hydrogen) atoms. The van der Waals surface area contributed by atoms with Crippen LogP contribution in [0.15, 0.2) is 6.20 Å². The van der Waals surface area contributed by atoms with Crippen molar-refractivity contribution in [2.75, 3.05) is 31.1 Å². The van der Waals surface area contributed by atoms with Crippen molar-refractivity contribution >= 4 is 11.9 Å². The Morgan fingerprint density at radius 1 is 1.17 bits per heavy atom. The molecular formula is C16H24N4O3. The average Bonchev–Trinajstić information content (AvgIpc) is 2.57. The Labute approximate surface area is 136 Å². The van der Waals surface area contributed by atoms with E-state index in [1.807, 2.05) is 6.92 Å². The largest absolute Gasteiger partial charge is 0.390 e. The van der Waals surface area contributed by atoms with Crippen molar-refractivity contribution in [3.8, 4) is 0 Å². The third-order valence-electron chi connectivity index (χ3n) is 4.67. The zero-order chi connectivity index (χ0) is 16.4. The molecule has 7 nitrogen and oxygen atoms in total. The van der Waals surface area contributed by atoms with E-state index in [9.17, 15) is 15.0 Å². The van der Waals surface area contributed by atoms with Crippen molar-refractivity contribution in [3.63, 3.8) is 0 Å². The van der Waals surface area contributed by atoms with Crippen LogP contribution in [0.25, 0.3) is 0 Å². The van der Waals surface area contributed by atoms with Crippen LogP contribution in [0.3, 0.4) is 0 Å². The van der Waals surface area contributed by atoms with E-state index in [2.05, 4.69) is 14.9 Å². The number of nitrogens with zero attached hydrogens (tertiary/aromatic N) is 4. The van der Waals surface area contributed by atoms with Gasteiger partial charge in [0.2, 0.25) is 5.95 Å². The lowest BCUT2D eigenvalue weighted by molar-refractivity contribution is -0.0322. The summed E-state index contributed by atoms with van der Waals surface area (Å²) in [5.74, 6) is 0.506. The molecule has 0 aromatic carbocycles. The number of carbonyl (C=O) groups is 1. The highest BCUT2D eigenvalue weighted by molar-refractivity contribution is 5.95. The van der Waals surface area contributed by atoms with Gasteiger partial charge < -0.3 is 20.0 Å². The summed E-state index contributed by atoms with van der Waals surface area (Å²) in [7, 11) is 0. The Bertz CT molecular complexity index is 574. The van der Waals surface area contributed by atoms with E-state index in [-0.39, 0.29) is 12.5 Å². The molecule has 2 fully saturated rings. The topological polar surface area (TPSA) is 89.8 Å². The van der Waals surface area contributed by atoms with Crippen LogP contribution >= 0.6 is 0 Å². The van der Waals surface area contributed by atoms with Crippen molar-refractivity contribution in [2.45, 2.75) is 44.8 Å². The number of aromatic nitrogens is 2. The van der Waals surface area contributed by atoms with E-state index in [0.717, 1.165) is 25.9 Å². The Morgan fingerprint density at radius 2 is 1.91 bits per heavy atom. The van der Waals surface area contributed by atoms with Gasteiger partial charge >= 0.3 is 0 Å². The summed E-state index contributed by atoms with van der Waals surface area (Å²) < 4.78 is 0. The van der Waals surface area contributed by atoms with E-state index < -0.39 is 12.2 Å². The van der Waals surface area contributed by atoms with Gasteiger partial charge in [0.05, 0.1) is 23.5 Å². The molecule has 3 rings (SSSR count). The van der Waals surface area contributed by atoms with E-state index in [0.29, 0.717) is 30.2 Å². The number of aliphatic hydroxyl groups is 2. The van der Waals surface area contributed by atoms with E-state index >= 15 is 0 Å². The minimum Gasteiger partial charge on any atom is -0.390 e. The van der Waals surface area contributed by atoms with Crippen LogP contribution in [-0.4, -0.2) is 69.4 Å². The lowest BCUT2D eigenvalue weighted by Crippen LogP contribution is -2.49. The maximum Gasteiger partial charge on any atom is 0.257 e. The normalized spacial score (nSPS) is 25.5. The summed E-state index contributed by atoms with van der Waals surface area (Å²) in [4.78, 5) is 25.2. The van der Waals surface area contributed by atoms with E-state index in [4.69, 9.17) is 0 Å². The van der Waals surface area contributed by atoms with Gasteiger partial charge in [0.15, 0.2) is 0 Å². The van der Waals surface area contributed by atoms with Crippen molar-refractivity contribution in [3.05, 3.63) is 17.5 Å². The lowest BCUT2D eigenvalue weighted by atomic mass is 10.0. The molecule has 2 atom stereocenters. The fourth-order valence-electron chi connectivity index (χ4n) is 3.19. The Hall–Kier alpha value is -1.73. The molecule has 0 unspecified atom stereocenters. The highest BCUT2D eigenvalue weighted by atomic mass is 16.3. The molecule has 0 spiro atoms. The molecule has 0 bridgehead atoms. The summed E-state index contributed by atoms with van der Waals surface area (Å²) in [5.41, 5.74) is 1.13. The van der Waals surface area contributed by atoms with Gasteiger partial charge in [0.1, 0.15) is 0 Å². The van der Waals surface area contributed by atoms with Crippen LogP contribution < -0.4 is 4.90 Å². The number of aryl methyl sites for hydroxylation is 1. The molecule has 126 valence electrons. The average molecular weight is 320 g/mol.